The molecule has 0 saturated carbocycles. The molecular weight excluding hydrogens is 440 g/mol. The molecule has 0 fully saturated rings. The first kappa shape index (κ1) is 24.0. The van der Waals surface area contributed by atoms with Gasteiger partial charge in [-0.3, -0.25) is 9.10 Å². The lowest BCUT2D eigenvalue weighted by atomic mass is 10.1. The molecule has 0 aliphatic rings. The molecule has 0 saturated heterocycles. The van der Waals surface area contributed by atoms with Gasteiger partial charge in [0.25, 0.3) is 5.91 Å². The smallest absolute Gasteiger partial charge is 0.338 e. The minimum absolute atomic E-state index is 0.191. The van der Waals surface area contributed by atoms with Gasteiger partial charge in [0.05, 0.1) is 31.2 Å². The topological polar surface area (TPSA) is 92.8 Å². The Balaban J connectivity index is 1.83. The molecule has 0 aliphatic carbocycles. The quantitative estimate of drug-likeness (QED) is 0.524. The molecule has 0 aliphatic heterocycles. The summed E-state index contributed by atoms with van der Waals surface area (Å²) in [6.07, 6.45) is 1.16. The summed E-state index contributed by atoms with van der Waals surface area (Å²) in [5.74, 6) is -0.862. The van der Waals surface area contributed by atoms with E-state index >= 15 is 0 Å². The van der Waals surface area contributed by atoms with Gasteiger partial charge in [-0.1, -0.05) is 30.3 Å². The molecular formula is C25H26N2O5S. The number of hydrogen-bond donors (Lipinski definition) is 1. The monoisotopic (exact) mass is 466 g/mol. The SMILES string of the molecule is COC(=O)c1cccc(NC(=O)c2ccc(N(Cc3ccccc3C)S(C)(=O)=O)cc2)c1C. The maximum absolute atomic E-state index is 12.8. The van der Waals surface area contributed by atoms with Crippen LogP contribution in [0.25, 0.3) is 0 Å². The second kappa shape index (κ2) is 9.87. The average molecular weight is 467 g/mol. The number of carbonyl (C=O) groups excluding carboxylic acids is 2. The van der Waals surface area contributed by atoms with Crippen molar-refractivity contribution in [1.29, 1.82) is 0 Å². The number of ether oxygens (including phenoxy) is 1. The van der Waals surface area contributed by atoms with Gasteiger partial charge in [-0.2, -0.15) is 0 Å². The van der Waals surface area contributed by atoms with E-state index in [4.69, 9.17) is 4.74 Å². The van der Waals surface area contributed by atoms with E-state index in [1.807, 2.05) is 31.2 Å². The summed E-state index contributed by atoms with van der Waals surface area (Å²) in [6.45, 7) is 3.84. The van der Waals surface area contributed by atoms with Gasteiger partial charge in [0.15, 0.2) is 0 Å². The van der Waals surface area contributed by atoms with Crippen LogP contribution in [0.5, 0.6) is 0 Å². The predicted octanol–water partition coefficient (Wildman–Crippen LogP) is 4.31. The summed E-state index contributed by atoms with van der Waals surface area (Å²) in [4.78, 5) is 24.7. The second-order valence-corrected chi connectivity index (χ2v) is 9.57. The number of sulfonamides is 1. The molecule has 3 aromatic carbocycles. The number of anilines is 2. The fourth-order valence-corrected chi connectivity index (χ4v) is 4.30. The predicted molar refractivity (Wildman–Crippen MR) is 129 cm³/mol. The highest BCUT2D eigenvalue weighted by Crippen LogP contribution is 2.24. The van der Waals surface area contributed by atoms with Crippen LogP contribution < -0.4 is 9.62 Å². The lowest BCUT2D eigenvalue weighted by Gasteiger charge is -2.23. The molecule has 33 heavy (non-hydrogen) atoms. The van der Waals surface area contributed by atoms with Gasteiger partial charge < -0.3 is 10.1 Å². The lowest BCUT2D eigenvalue weighted by Crippen LogP contribution is -2.29. The van der Waals surface area contributed by atoms with E-state index in [9.17, 15) is 18.0 Å². The molecule has 0 bridgehead atoms. The van der Waals surface area contributed by atoms with Gasteiger partial charge in [0, 0.05) is 11.3 Å². The standard InChI is InChI=1S/C25H26N2O5S/c1-17-8-5-6-9-20(17)16-27(33(4,30)31)21-14-12-19(13-15-21)24(28)26-23-11-7-10-22(18(23)2)25(29)32-3/h5-15H,16H2,1-4H3,(H,26,28). The van der Waals surface area contributed by atoms with Gasteiger partial charge in [-0.15, -0.1) is 0 Å². The van der Waals surface area contributed by atoms with Crippen LogP contribution >= 0.6 is 0 Å². The Morgan fingerprint density at radius 3 is 2.21 bits per heavy atom. The Bertz CT molecular complexity index is 1280. The van der Waals surface area contributed by atoms with E-state index in [1.54, 1.807) is 49.4 Å². The molecule has 0 unspecified atom stereocenters. The van der Waals surface area contributed by atoms with E-state index in [2.05, 4.69) is 5.32 Å². The van der Waals surface area contributed by atoms with Gasteiger partial charge >= 0.3 is 5.97 Å². The minimum Gasteiger partial charge on any atom is -0.465 e. The van der Waals surface area contributed by atoms with E-state index in [0.717, 1.165) is 17.4 Å². The summed E-state index contributed by atoms with van der Waals surface area (Å²) in [6, 6.07) is 18.9. The highest BCUT2D eigenvalue weighted by atomic mass is 32.2. The molecule has 3 aromatic rings. The number of carbonyl (C=O) groups is 2. The van der Waals surface area contributed by atoms with E-state index < -0.39 is 16.0 Å². The van der Waals surface area contributed by atoms with Gasteiger partial charge in [-0.25, -0.2) is 13.2 Å². The number of nitrogens with one attached hydrogen (secondary N) is 1. The zero-order chi connectivity index (χ0) is 24.2. The maximum atomic E-state index is 12.8. The van der Waals surface area contributed by atoms with Crippen LogP contribution in [0, 0.1) is 13.8 Å². The molecule has 3 rings (SSSR count). The normalized spacial score (nSPS) is 11.0. The summed E-state index contributed by atoms with van der Waals surface area (Å²) in [5.41, 5.74) is 4.15. The molecule has 7 nitrogen and oxygen atoms in total. The van der Waals surface area contributed by atoms with Crippen molar-refractivity contribution in [1.82, 2.24) is 0 Å². The number of aryl methyl sites for hydroxylation is 1. The highest BCUT2D eigenvalue weighted by molar-refractivity contribution is 7.92. The first-order chi connectivity index (χ1) is 15.6. The van der Waals surface area contributed by atoms with Crippen molar-refractivity contribution in [3.63, 3.8) is 0 Å². The lowest BCUT2D eigenvalue weighted by molar-refractivity contribution is 0.0599. The van der Waals surface area contributed by atoms with Gasteiger partial charge in [-0.05, 0) is 66.9 Å². The van der Waals surface area contributed by atoms with Crippen molar-refractivity contribution < 1.29 is 22.7 Å². The van der Waals surface area contributed by atoms with Crippen molar-refractivity contribution in [2.24, 2.45) is 0 Å². The van der Waals surface area contributed by atoms with Gasteiger partial charge in [0.2, 0.25) is 10.0 Å². The molecule has 0 radical (unpaired) electrons. The Morgan fingerprint density at radius 2 is 1.61 bits per heavy atom. The number of rotatable bonds is 7. The molecule has 0 aromatic heterocycles. The van der Waals surface area contributed by atoms with Crippen LogP contribution in [0.1, 0.15) is 37.4 Å². The zero-order valence-electron chi connectivity index (χ0n) is 19.0. The number of benzene rings is 3. The Kier molecular flexibility index (Phi) is 7.18. The molecule has 8 heteroatoms. The fraction of sp³-hybridized carbons (Fsp3) is 0.200. The van der Waals surface area contributed by atoms with Crippen molar-refractivity contribution in [2.45, 2.75) is 20.4 Å². The van der Waals surface area contributed by atoms with Crippen molar-refractivity contribution >= 4 is 33.3 Å². The van der Waals surface area contributed by atoms with Crippen LogP contribution in [-0.4, -0.2) is 33.7 Å². The third-order valence-electron chi connectivity index (χ3n) is 5.38. The number of esters is 1. The maximum Gasteiger partial charge on any atom is 0.338 e. The minimum atomic E-state index is -3.55. The van der Waals surface area contributed by atoms with E-state index in [-0.39, 0.29) is 12.5 Å². The molecule has 0 spiro atoms. The molecule has 0 atom stereocenters. The highest BCUT2D eigenvalue weighted by Gasteiger charge is 2.20. The summed E-state index contributed by atoms with van der Waals surface area (Å²) in [5, 5.41) is 2.79. The number of methoxy groups -OCH3 is 1. The number of nitrogens with zero attached hydrogens (tertiary/aromatic N) is 1. The molecule has 1 amide bonds. The first-order valence-corrected chi connectivity index (χ1v) is 12.1. The van der Waals surface area contributed by atoms with Gasteiger partial charge in [0.1, 0.15) is 0 Å². The molecule has 1 N–H and O–H groups in total. The number of amides is 1. The second-order valence-electron chi connectivity index (χ2n) is 7.67. The fourth-order valence-electron chi connectivity index (χ4n) is 3.42. The summed E-state index contributed by atoms with van der Waals surface area (Å²) < 4.78 is 31.0. The van der Waals surface area contributed by atoms with Crippen molar-refractivity contribution in [3.05, 3.63) is 94.5 Å². The Hall–Kier alpha value is -3.65. The third kappa shape index (κ3) is 5.59. The molecule has 172 valence electrons. The summed E-state index contributed by atoms with van der Waals surface area (Å²) in [7, 11) is -2.25. The van der Waals surface area contributed by atoms with E-state index in [1.165, 1.54) is 11.4 Å². The van der Waals surface area contributed by atoms with Crippen LogP contribution in [0.2, 0.25) is 0 Å². The van der Waals surface area contributed by atoms with Crippen LogP contribution in [0.15, 0.2) is 66.7 Å². The molecule has 0 heterocycles. The van der Waals surface area contributed by atoms with Crippen molar-refractivity contribution in [3.8, 4) is 0 Å². The largest absolute Gasteiger partial charge is 0.465 e. The first-order valence-electron chi connectivity index (χ1n) is 10.2. The Morgan fingerprint density at radius 1 is 0.939 bits per heavy atom. The van der Waals surface area contributed by atoms with Crippen molar-refractivity contribution in [2.75, 3.05) is 23.0 Å². The average Bonchev–Trinajstić information content (AvgIpc) is 2.78. The summed E-state index contributed by atoms with van der Waals surface area (Å²) >= 11 is 0. The third-order valence-corrected chi connectivity index (χ3v) is 6.52. The Labute approximate surface area is 194 Å². The van der Waals surface area contributed by atoms with Crippen LogP contribution in [0.4, 0.5) is 11.4 Å². The zero-order valence-corrected chi connectivity index (χ0v) is 19.8. The van der Waals surface area contributed by atoms with Crippen LogP contribution in [0.3, 0.4) is 0 Å². The van der Waals surface area contributed by atoms with Crippen LogP contribution in [-0.2, 0) is 21.3 Å². The van der Waals surface area contributed by atoms with E-state index in [0.29, 0.717) is 28.1 Å². The number of hydrogen-bond acceptors (Lipinski definition) is 5.